The summed E-state index contributed by atoms with van der Waals surface area (Å²) < 4.78 is 0. The van der Waals surface area contributed by atoms with Gasteiger partial charge in [0, 0.05) is 6.04 Å². The molecule has 2 nitrogen and oxygen atoms in total. The highest BCUT2D eigenvalue weighted by atomic mass is 15.1. The van der Waals surface area contributed by atoms with Crippen molar-refractivity contribution in [1.82, 2.24) is 4.90 Å². The van der Waals surface area contributed by atoms with E-state index in [1.54, 1.807) is 0 Å². The van der Waals surface area contributed by atoms with Gasteiger partial charge in [-0.2, -0.15) is 0 Å². The lowest BCUT2D eigenvalue weighted by Gasteiger charge is -2.30. The van der Waals surface area contributed by atoms with Crippen molar-refractivity contribution in [2.75, 3.05) is 20.1 Å². The van der Waals surface area contributed by atoms with Gasteiger partial charge in [-0.1, -0.05) is 18.6 Å². The molecule has 70 valence electrons. The lowest BCUT2D eigenvalue weighted by atomic mass is 10.0. The number of likely N-dealkylation sites (N-methyl/N-ethyl adjacent to an activating group) is 1. The topological polar surface area (TPSA) is 29.3 Å². The molecule has 2 N–H and O–H groups in total. The Morgan fingerprint density at radius 1 is 1.50 bits per heavy atom. The maximum atomic E-state index is 5.41. The molecule has 0 bridgehead atoms. The molecule has 0 radical (unpaired) electrons. The van der Waals surface area contributed by atoms with E-state index in [-0.39, 0.29) is 0 Å². The van der Waals surface area contributed by atoms with Crippen LogP contribution in [0.25, 0.3) is 0 Å². The van der Waals surface area contributed by atoms with Crippen LogP contribution in [0.3, 0.4) is 0 Å². The molecular formula is C10H20N2. The van der Waals surface area contributed by atoms with Crippen LogP contribution in [0.2, 0.25) is 0 Å². The van der Waals surface area contributed by atoms with E-state index in [1.807, 2.05) is 0 Å². The largest absolute Gasteiger partial charge is 0.330 e. The number of nitrogens with zero attached hydrogens (tertiary/aromatic N) is 1. The number of hydrogen-bond donors (Lipinski definition) is 1. The van der Waals surface area contributed by atoms with Crippen molar-refractivity contribution in [3.63, 3.8) is 0 Å². The summed E-state index contributed by atoms with van der Waals surface area (Å²) in [7, 11) is 2.20. The van der Waals surface area contributed by atoms with Gasteiger partial charge in [-0.05, 0) is 39.4 Å². The second-order valence-corrected chi connectivity index (χ2v) is 3.55. The minimum Gasteiger partial charge on any atom is -0.330 e. The molecule has 1 fully saturated rings. The Kier molecular flexibility index (Phi) is 4.33. The van der Waals surface area contributed by atoms with E-state index in [0.29, 0.717) is 6.04 Å². The van der Waals surface area contributed by atoms with Crippen LogP contribution in [-0.4, -0.2) is 31.1 Å². The van der Waals surface area contributed by atoms with E-state index in [2.05, 4.69) is 24.1 Å². The van der Waals surface area contributed by atoms with Crippen molar-refractivity contribution in [3.05, 3.63) is 12.2 Å². The molecule has 1 aliphatic rings. The summed E-state index contributed by atoms with van der Waals surface area (Å²) in [6.45, 7) is 2.02. The first-order valence-electron chi connectivity index (χ1n) is 4.91. The molecule has 1 unspecified atom stereocenters. The normalized spacial score (nSPS) is 26.7. The van der Waals surface area contributed by atoms with Crippen LogP contribution in [-0.2, 0) is 0 Å². The minimum atomic E-state index is 0.672. The van der Waals surface area contributed by atoms with Gasteiger partial charge in [0.25, 0.3) is 0 Å². The predicted octanol–water partition coefficient (Wildman–Crippen LogP) is 1.38. The van der Waals surface area contributed by atoms with Gasteiger partial charge in [0.15, 0.2) is 0 Å². The van der Waals surface area contributed by atoms with E-state index >= 15 is 0 Å². The van der Waals surface area contributed by atoms with Crippen molar-refractivity contribution >= 4 is 0 Å². The van der Waals surface area contributed by atoms with Crippen LogP contribution in [0, 0.1) is 0 Å². The van der Waals surface area contributed by atoms with Crippen LogP contribution in [0.5, 0.6) is 0 Å². The van der Waals surface area contributed by atoms with Gasteiger partial charge in [-0.3, -0.25) is 4.90 Å². The second kappa shape index (κ2) is 5.33. The monoisotopic (exact) mass is 168 g/mol. The SMILES string of the molecule is CN1CCCCC1/C=C\CCN. The fourth-order valence-electron chi connectivity index (χ4n) is 1.69. The average molecular weight is 168 g/mol. The molecule has 1 atom stereocenters. The van der Waals surface area contributed by atoms with E-state index in [9.17, 15) is 0 Å². The molecule has 0 aromatic carbocycles. The molecule has 1 aliphatic heterocycles. The zero-order valence-corrected chi connectivity index (χ0v) is 8.00. The molecule has 1 saturated heterocycles. The first-order chi connectivity index (χ1) is 5.84. The highest BCUT2D eigenvalue weighted by Gasteiger charge is 2.14. The molecule has 1 heterocycles. The Balaban J connectivity index is 2.28. The Hall–Kier alpha value is -0.340. The first kappa shape index (κ1) is 9.75. The van der Waals surface area contributed by atoms with Gasteiger partial charge >= 0.3 is 0 Å². The number of hydrogen-bond acceptors (Lipinski definition) is 2. The van der Waals surface area contributed by atoms with Crippen LogP contribution in [0.4, 0.5) is 0 Å². The molecule has 12 heavy (non-hydrogen) atoms. The average Bonchev–Trinajstić information content (AvgIpc) is 2.09. The van der Waals surface area contributed by atoms with Crippen LogP contribution in [0.1, 0.15) is 25.7 Å². The lowest BCUT2D eigenvalue weighted by Crippen LogP contribution is -2.34. The molecule has 0 aromatic rings. The summed E-state index contributed by atoms with van der Waals surface area (Å²) in [5, 5.41) is 0. The Morgan fingerprint density at radius 2 is 2.33 bits per heavy atom. The van der Waals surface area contributed by atoms with E-state index in [4.69, 9.17) is 5.73 Å². The number of piperidine rings is 1. The van der Waals surface area contributed by atoms with E-state index in [0.717, 1.165) is 13.0 Å². The molecule has 0 amide bonds. The zero-order valence-electron chi connectivity index (χ0n) is 8.00. The lowest BCUT2D eigenvalue weighted by molar-refractivity contribution is 0.222. The first-order valence-corrected chi connectivity index (χ1v) is 4.91. The number of rotatable bonds is 3. The predicted molar refractivity (Wildman–Crippen MR) is 53.1 cm³/mol. The summed E-state index contributed by atoms with van der Waals surface area (Å²) in [5.41, 5.74) is 5.41. The highest BCUT2D eigenvalue weighted by molar-refractivity contribution is 4.95. The van der Waals surface area contributed by atoms with Crippen molar-refractivity contribution in [1.29, 1.82) is 0 Å². The molecule has 1 rings (SSSR count). The van der Waals surface area contributed by atoms with Gasteiger partial charge < -0.3 is 5.73 Å². The molecule has 0 spiro atoms. The molecule has 0 saturated carbocycles. The zero-order chi connectivity index (χ0) is 8.81. The van der Waals surface area contributed by atoms with Gasteiger partial charge in [0.1, 0.15) is 0 Å². The summed E-state index contributed by atoms with van der Waals surface area (Å²) in [4.78, 5) is 2.43. The fourth-order valence-corrected chi connectivity index (χ4v) is 1.69. The third kappa shape index (κ3) is 2.95. The van der Waals surface area contributed by atoms with E-state index in [1.165, 1.54) is 25.8 Å². The number of nitrogens with two attached hydrogens (primary N) is 1. The Morgan fingerprint density at radius 3 is 3.00 bits per heavy atom. The molecule has 2 heteroatoms. The quantitative estimate of drug-likeness (QED) is 0.645. The van der Waals surface area contributed by atoms with Crippen molar-refractivity contribution in [2.24, 2.45) is 5.73 Å². The third-order valence-electron chi connectivity index (χ3n) is 2.52. The van der Waals surface area contributed by atoms with Crippen molar-refractivity contribution in [2.45, 2.75) is 31.7 Å². The summed E-state index contributed by atoms with van der Waals surface area (Å²) >= 11 is 0. The maximum absolute atomic E-state index is 5.41. The van der Waals surface area contributed by atoms with E-state index < -0.39 is 0 Å². The third-order valence-corrected chi connectivity index (χ3v) is 2.52. The molecular weight excluding hydrogens is 148 g/mol. The minimum absolute atomic E-state index is 0.672. The smallest absolute Gasteiger partial charge is 0.0275 e. The molecule has 0 aromatic heterocycles. The molecule has 0 aliphatic carbocycles. The Labute approximate surface area is 75.4 Å². The van der Waals surface area contributed by atoms with Crippen LogP contribution < -0.4 is 5.73 Å². The van der Waals surface area contributed by atoms with Crippen molar-refractivity contribution < 1.29 is 0 Å². The summed E-state index contributed by atoms with van der Waals surface area (Å²) in [5.74, 6) is 0. The summed E-state index contributed by atoms with van der Waals surface area (Å²) in [6.07, 6.45) is 9.60. The van der Waals surface area contributed by atoms with Crippen molar-refractivity contribution in [3.8, 4) is 0 Å². The van der Waals surface area contributed by atoms with Gasteiger partial charge in [-0.15, -0.1) is 0 Å². The van der Waals surface area contributed by atoms with Crippen LogP contribution in [0.15, 0.2) is 12.2 Å². The summed E-state index contributed by atoms with van der Waals surface area (Å²) in [6, 6.07) is 0.672. The van der Waals surface area contributed by atoms with Gasteiger partial charge in [0.05, 0.1) is 0 Å². The van der Waals surface area contributed by atoms with Gasteiger partial charge in [-0.25, -0.2) is 0 Å². The standard InChI is InChI=1S/C10H20N2/c1-12-9-5-3-7-10(12)6-2-4-8-11/h2,6,10H,3-5,7-9,11H2,1H3/b6-2-. The Bertz CT molecular complexity index is 143. The highest BCUT2D eigenvalue weighted by Crippen LogP contribution is 2.15. The number of likely N-dealkylation sites (tertiary alicyclic amines) is 1. The maximum Gasteiger partial charge on any atom is 0.0275 e. The second-order valence-electron chi connectivity index (χ2n) is 3.55. The van der Waals surface area contributed by atoms with Gasteiger partial charge in [0.2, 0.25) is 0 Å². The van der Waals surface area contributed by atoms with Crippen LogP contribution >= 0.6 is 0 Å². The fraction of sp³-hybridized carbons (Fsp3) is 0.800.